The predicted molar refractivity (Wildman–Crippen MR) is 96.2 cm³/mol. The molecule has 0 fully saturated rings. The van der Waals surface area contributed by atoms with Crippen LogP contribution in [0.2, 0.25) is 0 Å². The highest BCUT2D eigenvalue weighted by Crippen LogP contribution is 2.36. The first-order valence-electron chi connectivity index (χ1n) is 8.72. The maximum atomic E-state index is 12.4. The molecule has 0 saturated heterocycles. The fraction of sp³-hybridized carbons (Fsp3) is 0.381. The molecule has 120 valence electrons. The quantitative estimate of drug-likeness (QED) is 0.469. The molecule has 2 aromatic carbocycles. The zero-order chi connectivity index (χ0) is 16.1. The summed E-state index contributed by atoms with van der Waals surface area (Å²) in [6.07, 6.45) is 9.14. The minimum atomic E-state index is -0.192. The van der Waals surface area contributed by atoms with Crippen molar-refractivity contribution in [2.45, 2.75) is 45.4 Å². The van der Waals surface area contributed by atoms with Crippen molar-refractivity contribution < 1.29 is 9.53 Å². The van der Waals surface area contributed by atoms with Gasteiger partial charge in [0, 0.05) is 0 Å². The van der Waals surface area contributed by atoms with Crippen LogP contribution in [0, 0.1) is 0 Å². The molecule has 0 N–H and O–H groups in total. The molecule has 23 heavy (non-hydrogen) atoms. The number of rotatable bonds is 8. The van der Waals surface area contributed by atoms with Gasteiger partial charge in [0.05, 0.1) is 12.2 Å². The molecule has 0 unspecified atom stereocenters. The van der Waals surface area contributed by atoms with Crippen LogP contribution in [-0.2, 0) is 9.53 Å². The molecular formula is C21H24O2. The smallest absolute Gasteiger partial charge is 0.338 e. The van der Waals surface area contributed by atoms with Crippen LogP contribution in [0.5, 0.6) is 0 Å². The van der Waals surface area contributed by atoms with E-state index in [1.54, 1.807) is 0 Å². The van der Waals surface area contributed by atoms with Crippen LogP contribution in [0.1, 0.15) is 56.6 Å². The topological polar surface area (TPSA) is 26.3 Å². The molecule has 0 saturated carbocycles. The molecule has 1 aliphatic rings. The number of carbonyl (C=O) groups is 1. The van der Waals surface area contributed by atoms with Crippen molar-refractivity contribution in [1.82, 2.24) is 0 Å². The van der Waals surface area contributed by atoms with E-state index < -0.39 is 0 Å². The van der Waals surface area contributed by atoms with Crippen molar-refractivity contribution in [3.8, 4) is 0 Å². The SMILES string of the molecule is CCCCCCCCOC(=O)C1=Cc2cccc3cccc1c23. The van der Waals surface area contributed by atoms with Crippen molar-refractivity contribution in [1.29, 1.82) is 0 Å². The van der Waals surface area contributed by atoms with E-state index in [1.165, 1.54) is 36.5 Å². The number of carbonyl (C=O) groups excluding carboxylic acids is 1. The van der Waals surface area contributed by atoms with E-state index in [2.05, 4.69) is 25.1 Å². The first kappa shape index (κ1) is 15.8. The van der Waals surface area contributed by atoms with E-state index in [9.17, 15) is 4.79 Å². The molecular weight excluding hydrogens is 284 g/mol. The first-order valence-corrected chi connectivity index (χ1v) is 8.72. The summed E-state index contributed by atoms with van der Waals surface area (Å²) in [5.74, 6) is -0.192. The lowest BCUT2D eigenvalue weighted by Gasteiger charge is -2.07. The van der Waals surface area contributed by atoms with Crippen molar-refractivity contribution in [3.63, 3.8) is 0 Å². The van der Waals surface area contributed by atoms with Gasteiger partial charge in [-0.05, 0) is 34.4 Å². The van der Waals surface area contributed by atoms with Gasteiger partial charge < -0.3 is 4.74 Å². The summed E-state index contributed by atoms with van der Waals surface area (Å²) < 4.78 is 5.49. The average Bonchev–Trinajstić information content (AvgIpc) is 2.95. The molecule has 1 aliphatic carbocycles. The Labute approximate surface area is 138 Å². The minimum Gasteiger partial charge on any atom is -0.462 e. The van der Waals surface area contributed by atoms with E-state index in [4.69, 9.17) is 4.74 Å². The van der Waals surface area contributed by atoms with E-state index >= 15 is 0 Å². The van der Waals surface area contributed by atoms with Crippen LogP contribution in [-0.4, -0.2) is 12.6 Å². The van der Waals surface area contributed by atoms with Crippen LogP contribution in [0.15, 0.2) is 36.4 Å². The highest BCUT2D eigenvalue weighted by molar-refractivity contribution is 6.29. The van der Waals surface area contributed by atoms with Gasteiger partial charge in [-0.2, -0.15) is 0 Å². The number of esters is 1. The Morgan fingerprint density at radius 2 is 1.70 bits per heavy atom. The molecule has 3 rings (SSSR count). The van der Waals surface area contributed by atoms with Gasteiger partial charge in [0.15, 0.2) is 0 Å². The minimum absolute atomic E-state index is 0.192. The second-order valence-electron chi connectivity index (χ2n) is 6.21. The number of benzene rings is 2. The summed E-state index contributed by atoms with van der Waals surface area (Å²) in [7, 11) is 0. The van der Waals surface area contributed by atoms with Gasteiger partial charge in [-0.15, -0.1) is 0 Å². The maximum absolute atomic E-state index is 12.4. The average molecular weight is 308 g/mol. The molecule has 0 spiro atoms. The molecule has 2 heteroatoms. The van der Waals surface area contributed by atoms with Gasteiger partial charge in [-0.25, -0.2) is 4.79 Å². The van der Waals surface area contributed by atoms with Gasteiger partial charge in [-0.1, -0.05) is 75.4 Å². The van der Waals surface area contributed by atoms with Crippen LogP contribution in [0.3, 0.4) is 0 Å². The first-order chi connectivity index (χ1) is 11.3. The molecule has 0 aliphatic heterocycles. The van der Waals surface area contributed by atoms with Crippen LogP contribution in [0.25, 0.3) is 22.4 Å². The lowest BCUT2D eigenvalue weighted by molar-refractivity contribution is -0.136. The lowest BCUT2D eigenvalue weighted by atomic mass is 10.0. The van der Waals surface area contributed by atoms with Crippen LogP contribution in [0.4, 0.5) is 0 Å². The lowest BCUT2D eigenvalue weighted by Crippen LogP contribution is -2.07. The summed E-state index contributed by atoms with van der Waals surface area (Å²) in [4.78, 5) is 12.4. The molecule has 2 aromatic rings. The van der Waals surface area contributed by atoms with Gasteiger partial charge >= 0.3 is 5.97 Å². The predicted octanol–water partition coefficient (Wildman–Crippen LogP) is 5.60. The Hall–Kier alpha value is -2.09. The third kappa shape index (κ3) is 3.47. The highest BCUT2D eigenvalue weighted by Gasteiger charge is 2.22. The number of hydrogen-bond acceptors (Lipinski definition) is 2. The molecule has 0 radical (unpaired) electrons. The van der Waals surface area contributed by atoms with E-state index in [0.29, 0.717) is 12.2 Å². The third-order valence-electron chi connectivity index (χ3n) is 4.48. The summed E-state index contributed by atoms with van der Waals surface area (Å²) in [5.41, 5.74) is 2.82. The second-order valence-corrected chi connectivity index (χ2v) is 6.21. The maximum Gasteiger partial charge on any atom is 0.338 e. The van der Waals surface area contributed by atoms with Crippen molar-refractivity contribution in [2.24, 2.45) is 0 Å². The van der Waals surface area contributed by atoms with Crippen molar-refractivity contribution in [3.05, 3.63) is 47.5 Å². The Morgan fingerprint density at radius 1 is 0.957 bits per heavy atom. The van der Waals surface area contributed by atoms with Gasteiger partial charge in [0.1, 0.15) is 0 Å². The summed E-state index contributed by atoms with van der Waals surface area (Å²) in [6.45, 7) is 2.74. The number of unbranched alkanes of at least 4 members (excludes halogenated alkanes) is 5. The largest absolute Gasteiger partial charge is 0.462 e. The Balaban J connectivity index is 1.57. The molecule has 0 heterocycles. The molecule has 0 aromatic heterocycles. The van der Waals surface area contributed by atoms with Crippen molar-refractivity contribution >= 4 is 28.4 Å². The van der Waals surface area contributed by atoms with E-state index in [-0.39, 0.29) is 5.97 Å². The number of hydrogen-bond donors (Lipinski definition) is 0. The Morgan fingerprint density at radius 3 is 2.52 bits per heavy atom. The Bertz CT molecular complexity index is 722. The standard InChI is InChI=1S/C21H24O2/c1-2-3-4-5-6-7-14-23-21(22)19-15-17-12-8-10-16-11-9-13-18(19)20(16)17/h8-13,15H,2-7,14H2,1H3. The molecule has 0 bridgehead atoms. The zero-order valence-electron chi connectivity index (χ0n) is 13.8. The Kier molecular flexibility index (Phi) is 5.12. The molecule has 0 amide bonds. The van der Waals surface area contributed by atoms with E-state index in [1.807, 2.05) is 24.3 Å². The number of ether oxygens (including phenoxy) is 1. The van der Waals surface area contributed by atoms with Crippen molar-refractivity contribution in [2.75, 3.05) is 6.61 Å². The van der Waals surface area contributed by atoms with Crippen LogP contribution < -0.4 is 0 Å². The summed E-state index contributed by atoms with van der Waals surface area (Å²) in [6, 6.07) is 12.3. The van der Waals surface area contributed by atoms with E-state index in [0.717, 1.165) is 24.0 Å². The fourth-order valence-electron chi connectivity index (χ4n) is 3.24. The normalized spacial score (nSPS) is 12.5. The van der Waals surface area contributed by atoms with Gasteiger partial charge in [-0.3, -0.25) is 0 Å². The molecule has 2 nitrogen and oxygen atoms in total. The van der Waals surface area contributed by atoms with Gasteiger partial charge in [0.25, 0.3) is 0 Å². The third-order valence-corrected chi connectivity index (χ3v) is 4.48. The summed E-state index contributed by atoms with van der Waals surface area (Å²) in [5, 5.41) is 2.34. The van der Waals surface area contributed by atoms with Gasteiger partial charge in [0.2, 0.25) is 0 Å². The highest BCUT2D eigenvalue weighted by atomic mass is 16.5. The summed E-state index contributed by atoms with van der Waals surface area (Å²) >= 11 is 0. The second kappa shape index (κ2) is 7.45. The fourth-order valence-corrected chi connectivity index (χ4v) is 3.24. The monoisotopic (exact) mass is 308 g/mol. The van der Waals surface area contributed by atoms with Crippen LogP contribution >= 0.6 is 0 Å². The zero-order valence-corrected chi connectivity index (χ0v) is 13.8. The molecule has 0 atom stereocenters.